The number of nitrogens with zero attached hydrogens (tertiary/aromatic N) is 5. The summed E-state index contributed by atoms with van der Waals surface area (Å²) in [4.78, 5) is 13.7. The van der Waals surface area contributed by atoms with Gasteiger partial charge in [0.15, 0.2) is 5.82 Å². The van der Waals surface area contributed by atoms with Crippen LogP contribution in [0, 0.1) is 0 Å². The summed E-state index contributed by atoms with van der Waals surface area (Å²) in [6, 6.07) is 3.17. The number of aromatic nitrogens is 5. The lowest BCUT2D eigenvalue weighted by Crippen LogP contribution is -2.22. The maximum atomic E-state index is 5.84. The van der Waals surface area contributed by atoms with Crippen LogP contribution in [0.4, 0.5) is 0 Å². The van der Waals surface area contributed by atoms with E-state index in [0.29, 0.717) is 24.4 Å². The van der Waals surface area contributed by atoms with E-state index >= 15 is 0 Å². The third-order valence-corrected chi connectivity index (χ3v) is 7.50. The van der Waals surface area contributed by atoms with Gasteiger partial charge in [0.2, 0.25) is 5.88 Å². The van der Waals surface area contributed by atoms with Crippen LogP contribution in [-0.2, 0) is 11.5 Å². The van der Waals surface area contributed by atoms with Gasteiger partial charge in [-0.3, -0.25) is 0 Å². The van der Waals surface area contributed by atoms with E-state index in [-0.39, 0.29) is 0 Å². The van der Waals surface area contributed by atoms with E-state index in [9.17, 15) is 0 Å². The average Bonchev–Trinajstić information content (AvgIpc) is 3.49. The van der Waals surface area contributed by atoms with Gasteiger partial charge in [-0.25, -0.2) is 19.6 Å². The number of halogens is 1. The Morgan fingerprint density at radius 1 is 1.24 bits per heavy atom. The Labute approximate surface area is 180 Å². The number of hydrogen-bond acceptors (Lipinski definition) is 6. The van der Waals surface area contributed by atoms with Crippen molar-refractivity contribution in [3.05, 3.63) is 28.6 Å². The van der Waals surface area contributed by atoms with Crippen molar-refractivity contribution in [3.8, 4) is 17.3 Å². The molecule has 3 heterocycles. The van der Waals surface area contributed by atoms with Crippen molar-refractivity contribution in [3.63, 3.8) is 0 Å². The van der Waals surface area contributed by atoms with Crippen molar-refractivity contribution in [2.24, 2.45) is 0 Å². The lowest BCUT2D eigenvalue weighted by atomic mass is 10.0. The van der Waals surface area contributed by atoms with Crippen LogP contribution in [0.25, 0.3) is 22.4 Å². The van der Waals surface area contributed by atoms with Crippen LogP contribution >= 0.6 is 15.9 Å². The Balaban J connectivity index is 1.63. The molecular formula is C20H26BrN5O2Si. The fraction of sp³-hybridized carbons (Fsp3) is 0.500. The van der Waals surface area contributed by atoms with E-state index in [4.69, 9.17) is 14.5 Å². The van der Waals surface area contributed by atoms with E-state index in [1.54, 1.807) is 24.2 Å². The van der Waals surface area contributed by atoms with Crippen LogP contribution in [0.15, 0.2) is 23.1 Å². The Kier molecular flexibility index (Phi) is 5.72. The zero-order valence-corrected chi connectivity index (χ0v) is 19.9. The average molecular weight is 476 g/mol. The molecule has 0 radical (unpaired) electrons. The molecule has 3 aromatic heterocycles. The first-order chi connectivity index (χ1) is 13.9. The lowest BCUT2D eigenvalue weighted by molar-refractivity contribution is 0.0775. The smallest absolute Gasteiger partial charge is 0.224 e. The molecule has 0 N–H and O–H groups in total. The number of rotatable bonds is 8. The molecule has 3 aromatic rings. The Morgan fingerprint density at radius 2 is 2.03 bits per heavy atom. The van der Waals surface area contributed by atoms with E-state index in [0.717, 1.165) is 33.9 Å². The van der Waals surface area contributed by atoms with Gasteiger partial charge in [-0.05, 0) is 52.4 Å². The summed E-state index contributed by atoms with van der Waals surface area (Å²) in [6.45, 7) is 8.16. The summed E-state index contributed by atoms with van der Waals surface area (Å²) in [6.07, 6.45) is 5.90. The van der Waals surface area contributed by atoms with Gasteiger partial charge in [-0.15, -0.1) is 0 Å². The number of pyridine rings is 1. The molecule has 0 amide bonds. The number of fused-ring (bicyclic) bond motifs is 1. The molecule has 1 saturated carbocycles. The maximum absolute atomic E-state index is 5.84. The molecule has 7 nitrogen and oxygen atoms in total. The van der Waals surface area contributed by atoms with E-state index in [2.05, 4.69) is 50.6 Å². The molecule has 9 heteroatoms. The van der Waals surface area contributed by atoms with E-state index in [1.807, 2.05) is 6.07 Å². The third-order valence-electron chi connectivity index (χ3n) is 5.01. The van der Waals surface area contributed by atoms with Crippen LogP contribution in [0.5, 0.6) is 5.88 Å². The Morgan fingerprint density at radius 3 is 2.72 bits per heavy atom. The topological polar surface area (TPSA) is 75.0 Å². The largest absolute Gasteiger partial charge is 0.480 e. The van der Waals surface area contributed by atoms with Crippen molar-refractivity contribution in [1.29, 1.82) is 0 Å². The van der Waals surface area contributed by atoms with Crippen LogP contribution < -0.4 is 4.74 Å². The van der Waals surface area contributed by atoms with Gasteiger partial charge in [0, 0.05) is 20.9 Å². The van der Waals surface area contributed by atoms with Crippen molar-refractivity contribution in [1.82, 2.24) is 24.7 Å². The third kappa shape index (κ3) is 4.51. The summed E-state index contributed by atoms with van der Waals surface area (Å²) in [5.41, 5.74) is 3.57. The van der Waals surface area contributed by atoms with Gasteiger partial charge in [-0.2, -0.15) is 5.10 Å². The van der Waals surface area contributed by atoms with Crippen molar-refractivity contribution in [2.75, 3.05) is 13.7 Å². The van der Waals surface area contributed by atoms with Crippen molar-refractivity contribution >= 4 is 35.0 Å². The fourth-order valence-corrected chi connectivity index (χ4v) is 4.43. The van der Waals surface area contributed by atoms with Gasteiger partial charge in [0.05, 0.1) is 18.9 Å². The zero-order chi connectivity index (χ0) is 20.6. The number of methoxy groups -OCH3 is 1. The second-order valence-corrected chi connectivity index (χ2v) is 15.0. The molecule has 0 aromatic carbocycles. The van der Waals surface area contributed by atoms with E-state index in [1.165, 1.54) is 18.4 Å². The predicted molar refractivity (Wildman–Crippen MR) is 119 cm³/mol. The highest BCUT2D eigenvalue weighted by molar-refractivity contribution is 9.10. The number of ether oxygens (including phenoxy) is 2. The van der Waals surface area contributed by atoms with Gasteiger partial charge < -0.3 is 9.47 Å². The Bertz CT molecular complexity index is 1030. The summed E-state index contributed by atoms with van der Waals surface area (Å²) >= 11 is 3.64. The van der Waals surface area contributed by atoms with Gasteiger partial charge in [-0.1, -0.05) is 19.6 Å². The van der Waals surface area contributed by atoms with Crippen molar-refractivity contribution < 1.29 is 9.47 Å². The summed E-state index contributed by atoms with van der Waals surface area (Å²) in [7, 11) is 0.521. The zero-order valence-electron chi connectivity index (χ0n) is 17.3. The standard InChI is InChI=1S/C20H26BrN5O2Si/c1-27-20-16(14(7-8-22-20)13-5-6-13)19-23-11-15-17(24-19)18(21)26(25-15)12-28-9-10-29(2,3)4/h7-8,11,13H,5-6,9-10,12H2,1-4H3. The lowest BCUT2D eigenvalue weighted by Gasteiger charge is -2.15. The molecule has 1 fully saturated rings. The summed E-state index contributed by atoms with van der Waals surface area (Å²) in [5, 5.41) is 4.58. The first kappa shape index (κ1) is 20.4. The molecule has 29 heavy (non-hydrogen) atoms. The first-order valence-electron chi connectivity index (χ1n) is 9.87. The van der Waals surface area contributed by atoms with Gasteiger partial charge in [0.25, 0.3) is 0 Å². The second-order valence-electron chi connectivity index (χ2n) is 8.62. The highest BCUT2D eigenvalue weighted by Crippen LogP contribution is 2.46. The van der Waals surface area contributed by atoms with Gasteiger partial charge in [0.1, 0.15) is 22.4 Å². The molecule has 4 rings (SSSR count). The minimum atomic E-state index is -1.11. The molecule has 1 aliphatic rings. The summed E-state index contributed by atoms with van der Waals surface area (Å²) in [5.74, 6) is 1.71. The maximum Gasteiger partial charge on any atom is 0.224 e. The van der Waals surface area contributed by atoms with Crippen LogP contribution in [0.3, 0.4) is 0 Å². The minimum absolute atomic E-state index is 0.389. The highest BCUT2D eigenvalue weighted by atomic mass is 79.9. The Hall–Kier alpha value is -1.84. The monoisotopic (exact) mass is 475 g/mol. The van der Waals surface area contributed by atoms with Crippen LogP contribution in [0.1, 0.15) is 24.3 Å². The molecule has 0 atom stereocenters. The molecule has 154 valence electrons. The van der Waals surface area contributed by atoms with E-state index < -0.39 is 8.07 Å². The van der Waals surface area contributed by atoms with Crippen LogP contribution in [0.2, 0.25) is 25.7 Å². The molecule has 1 aliphatic carbocycles. The molecular weight excluding hydrogens is 450 g/mol. The van der Waals surface area contributed by atoms with Crippen LogP contribution in [-0.4, -0.2) is 46.5 Å². The molecule has 0 aliphatic heterocycles. The minimum Gasteiger partial charge on any atom is -0.480 e. The second kappa shape index (κ2) is 8.12. The number of hydrogen-bond donors (Lipinski definition) is 0. The first-order valence-corrected chi connectivity index (χ1v) is 14.4. The fourth-order valence-electron chi connectivity index (χ4n) is 3.20. The molecule has 0 unspecified atom stereocenters. The SMILES string of the molecule is COc1nccc(C2CC2)c1-c1ncc2nn(COCC[Si](C)(C)C)c(Br)c2n1. The molecule has 0 spiro atoms. The summed E-state index contributed by atoms with van der Waals surface area (Å²) < 4.78 is 13.9. The normalized spacial score (nSPS) is 14.5. The molecule has 0 bridgehead atoms. The predicted octanol–water partition coefficient (Wildman–Crippen LogP) is 4.85. The quantitative estimate of drug-likeness (QED) is 0.342. The molecule has 0 saturated heterocycles. The van der Waals surface area contributed by atoms with Crippen molar-refractivity contribution in [2.45, 2.75) is 51.2 Å². The highest BCUT2D eigenvalue weighted by Gasteiger charge is 2.30. The van der Waals surface area contributed by atoms with Gasteiger partial charge >= 0.3 is 0 Å².